The fraction of sp³-hybridized carbons (Fsp3) is 1.00. The minimum atomic E-state index is 0.181. The first-order valence-electron chi connectivity index (χ1n) is 10.6. The maximum Gasteiger partial charge on any atom is 0.113 e. The van der Waals surface area contributed by atoms with E-state index < -0.39 is 0 Å². The number of nitrogens with zero attached hydrogens (tertiary/aromatic N) is 1. The highest BCUT2D eigenvalue weighted by atomic mass is 16.5. The van der Waals surface area contributed by atoms with Crippen LogP contribution in [0.5, 0.6) is 0 Å². The Morgan fingerprint density at radius 3 is 2.69 bits per heavy atom. The zero-order chi connectivity index (χ0) is 18.4. The Labute approximate surface area is 159 Å². The van der Waals surface area contributed by atoms with Gasteiger partial charge in [-0.2, -0.15) is 0 Å². The highest BCUT2D eigenvalue weighted by Gasteiger charge is 2.33. The third-order valence-electron chi connectivity index (χ3n) is 6.33. The molecule has 1 aliphatic carbocycles. The fourth-order valence-corrected chi connectivity index (χ4v) is 4.60. The standard InChI is InChI=1S/C19H40N6O/c1-14-11-18(20-2)24-19(22-14)23-16-5-6-17(26-3)15(12-16)13-21-7-10-25-8-4-9-25/h14-24H,4-13H2,1-3H3. The average molecular weight is 369 g/mol. The van der Waals surface area contributed by atoms with E-state index in [1.54, 1.807) is 0 Å². The largest absolute Gasteiger partial charge is 0.381 e. The predicted molar refractivity (Wildman–Crippen MR) is 106 cm³/mol. The van der Waals surface area contributed by atoms with E-state index in [1.165, 1.54) is 38.9 Å². The molecule has 6 unspecified atom stereocenters. The van der Waals surface area contributed by atoms with Crippen LogP contribution in [-0.4, -0.2) is 82.4 Å². The summed E-state index contributed by atoms with van der Waals surface area (Å²) in [5, 5.41) is 18.1. The molecule has 1 saturated carbocycles. The van der Waals surface area contributed by atoms with Gasteiger partial charge in [0.05, 0.1) is 12.3 Å². The monoisotopic (exact) mass is 368 g/mol. The highest BCUT2D eigenvalue weighted by Crippen LogP contribution is 2.27. The second-order valence-corrected chi connectivity index (χ2v) is 8.35. The van der Waals surface area contributed by atoms with Crippen LogP contribution in [0.15, 0.2) is 0 Å². The molecule has 3 fully saturated rings. The molecule has 0 spiro atoms. The topological polar surface area (TPSA) is 72.6 Å². The summed E-state index contributed by atoms with van der Waals surface area (Å²) in [6, 6.07) is 1.05. The molecule has 0 amide bonds. The first kappa shape index (κ1) is 20.5. The van der Waals surface area contributed by atoms with E-state index in [1.807, 2.05) is 14.2 Å². The van der Waals surface area contributed by atoms with Gasteiger partial charge in [0.2, 0.25) is 0 Å². The van der Waals surface area contributed by atoms with Crippen molar-refractivity contribution in [1.82, 2.24) is 31.5 Å². The molecule has 0 aromatic rings. The molecular formula is C19H40N6O. The van der Waals surface area contributed by atoms with Crippen molar-refractivity contribution < 1.29 is 4.74 Å². The molecule has 0 aromatic carbocycles. The Morgan fingerprint density at radius 2 is 2.00 bits per heavy atom. The van der Waals surface area contributed by atoms with E-state index in [-0.39, 0.29) is 6.29 Å². The van der Waals surface area contributed by atoms with Gasteiger partial charge >= 0.3 is 0 Å². The maximum atomic E-state index is 5.78. The number of hydrogen-bond donors (Lipinski definition) is 5. The van der Waals surface area contributed by atoms with Crippen LogP contribution in [-0.2, 0) is 4.74 Å². The lowest BCUT2D eigenvalue weighted by molar-refractivity contribution is 0.0106. The molecule has 7 heteroatoms. The lowest BCUT2D eigenvalue weighted by Crippen LogP contribution is -2.68. The first-order valence-corrected chi connectivity index (χ1v) is 10.6. The smallest absolute Gasteiger partial charge is 0.113 e. The number of ether oxygens (including phenoxy) is 1. The summed E-state index contributed by atoms with van der Waals surface area (Å²) < 4.78 is 5.78. The van der Waals surface area contributed by atoms with Gasteiger partial charge in [-0.1, -0.05) is 0 Å². The van der Waals surface area contributed by atoms with Gasteiger partial charge in [0.25, 0.3) is 0 Å². The van der Waals surface area contributed by atoms with Crippen LogP contribution in [0.3, 0.4) is 0 Å². The molecular weight excluding hydrogens is 328 g/mol. The SMILES string of the molecule is CNC1CC(C)NC(NC2CCC(OC)C(CNCCN3CCC3)C2)N1. The molecule has 6 atom stereocenters. The molecule has 5 N–H and O–H groups in total. The van der Waals surface area contributed by atoms with Gasteiger partial charge in [-0.25, -0.2) is 0 Å². The van der Waals surface area contributed by atoms with Crippen LogP contribution < -0.4 is 26.6 Å². The number of methoxy groups -OCH3 is 1. The zero-order valence-corrected chi connectivity index (χ0v) is 16.9. The summed E-state index contributed by atoms with van der Waals surface area (Å²) in [5.41, 5.74) is 0. The van der Waals surface area contributed by atoms with Crippen molar-refractivity contribution in [3.05, 3.63) is 0 Å². The van der Waals surface area contributed by atoms with E-state index in [2.05, 4.69) is 38.4 Å². The number of hydrogen-bond acceptors (Lipinski definition) is 7. The van der Waals surface area contributed by atoms with Gasteiger partial charge in [-0.3, -0.25) is 16.0 Å². The van der Waals surface area contributed by atoms with Crippen LogP contribution in [0, 0.1) is 5.92 Å². The molecule has 3 rings (SSSR count). The normalized spacial score (nSPS) is 38.9. The van der Waals surface area contributed by atoms with Gasteiger partial charge < -0.3 is 20.3 Å². The molecule has 0 aromatic heterocycles. The van der Waals surface area contributed by atoms with Gasteiger partial charge in [0.15, 0.2) is 0 Å². The number of rotatable bonds is 9. The van der Waals surface area contributed by atoms with E-state index in [9.17, 15) is 0 Å². The molecule has 2 aliphatic heterocycles. The minimum Gasteiger partial charge on any atom is -0.381 e. The number of nitrogens with one attached hydrogen (secondary N) is 5. The Balaban J connectivity index is 1.41. The van der Waals surface area contributed by atoms with Gasteiger partial charge in [-0.15, -0.1) is 0 Å². The van der Waals surface area contributed by atoms with Gasteiger partial charge in [0.1, 0.15) is 6.29 Å². The Kier molecular flexibility index (Phi) is 8.11. The van der Waals surface area contributed by atoms with Crippen LogP contribution in [0.2, 0.25) is 0 Å². The van der Waals surface area contributed by atoms with Crippen molar-refractivity contribution in [3.63, 3.8) is 0 Å². The van der Waals surface area contributed by atoms with Crippen molar-refractivity contribution in [2.75, 3.05) is 46.9 Å². The van der Waals surface area contributed by atoms with Gasteiger partial charge in [0, 0.05) is 38.8 Å². The Bertz CT molecular complexity index is 407. The summed E-state index contributed by atoms with van der Waals surface area (Å²) in [5.74, 6) is 0.587. The Hall–Kier alpha value is -0.280. The summed E-state index contributed by atoms with van der Waals surface area (Å²) in [4.78, 5) is 2.52. The molecule has 3 aliphatic rings. The van der Waals surface area contributed by atoms with Crippen molar-refractivity contribution in [1.29, 1.82) is 0 Å². The predicted octanol–water partition coefficient (Wildman–Crippen LogP) is -0.144. The summed E-state index contributed by atoms with van der Waals surface area (Å²) >= 11 is 0. The molecule has 26 heavy (non-hydrogen) atoms. The lowest BCUT2D eigenvalue weighted by Gasteiger charge is -2.41. The van der Waals surface area contributed by atoms with Crippen molar-refractivity contribution in [2.45, 2.75) is 69.7 Å². The third kappa shape index (κ3) is 5.86. The van der Waals surface area contributed by atoms with Crippen molar-refractivity contribution in [2.24, 2.45) is 5.92 Å². The van der Waals surface area contributed by atoms with Crippen LogP contribution in [0.25, 0.3) is 0 Å². The average Bonchev–Trinajstić information content (AvgIpc) is 2.59. The van der Waals surface area contributed by atoms with E-state index >= 15 is 0 Å². The van der Waals surface area contributed by atoms with Crippen molar-refractivity contribution in [3.8, 4) is 0 Å². The second kappa shape index (κ2) is 10.3. The lowest BCUT2D eigenvalue weighted by atomic mass is 9.83. The third-order valence-corrected chi connectivity index (χ3v) is 6.33. The Morgan fingerprint density at radius 1 is 1.15 bits per heavy atom. The molecule has 0 radical (unpaired) electrons. The molecule has 2 heterocycles. The van der Waals surface area contributed by atoms with Crippen LogP contribution in [0.4, 0.5) is 0 Å². The summed E-state index contributed by atoms with van der Waals surface area (Å²) in [7, 11) is 3.90. The molecule has 7 nitrogen and oxygen atoms in total. The molecule has 152 valence electrons. The van der Waals surface area contributed by atoms with E-state index in [0.717, 1.165) is 25.9 Å². The fourth-order valence-electron chi connectivity index (χ4n) is 4.60. The van der Waals surface area contributed by atoms with Gasteiger partial charge in [-0.05, 0) is 65.1 Å². The second-order valence-electron chi connectivity index (χ2n) is 8.35. The summed E-state index contributed by atoms with van der Waals surface area (Å²) in [6.45, 7) is 8.16. The first-order chi connectivity index (χ1) is 12.7. The molecule has 2 saturated heterocycles. The van der Waals surface area contributed by atoms with E-state index in [0.29, 0.717) is 30.3 Å². The maximum absolute atomic E-state index is 5.78. The van der Waals surface area contributed by atoms with Crippen LogP contribution >= 0.6 is 0 Å². The molecule has 0 bridgehead atoms. The van der Waals surface area contributed by atoms with Crippen LogP contribution in [0.1, 0.15) is 39.0 Å². The highest BCUT2D eigenvalue weighted by molar-refractivity contribution is 4.89. The zero-order valence-electron chi connectivity index (χ0n) is 16.9. The summed E-state index contributed by atoms with van der Waals surface area (Å²) in [6.07, 6.45) is 6.92. The minimum absolute atomic E-state index is 0.181. The number of likely N-dealkylation sites (tertiary alicyclic amines) is 1. The quantitative estimate of drug-likeness (QED) is 0.363. The van der Waals surface area contributed by atoms with Crippen molar-refractivity contribution >= 4 is 0 Å². The van der Waals surface area contributed by atoms with E-state index in [4.69, 9.17) is 4.74 Å².